The first kappa shape index (κ1) is 10.2. The molecule has 0 radical (unpaired) electrons. The van der Waals surface area contributed by atoms with Crippen molar-refractivity contribution in [2.45, 2.75) is 0 Å². The quantitative estimate of drug-likeness (QED) is 0.481. The smallest absolute Gasteiger partial charge is 0.328 e. The van der Waals surface area contributed by atoms with Crippen molar-refractivity contribution >= 4 is 11.9 Å². The SMILES string of the molecule is O=C(O)/C=C/C=C\C=C\C(=O)O. The van der Waals surface area contributed by atoms with Gasteiger partial charge in [0.05, 0.1) is 0 Å². The summed E-state index contributed by atoms with van der Waals surface area (Å²) >= 11 is 0. The molecule has 0 aliphatic rings. The van der Waals surface area contributed by atoms with E-state index in [0.717, 1.165) is 12.2 Å². The number of allylic oxidation sites excluding steroid dienone is 4. The molecular formula is C8H8O4. The second-order valence-electron chi connectivity index (χ2n) is 1.78. The van der Waals surface area contributed by atoms with Crippen LogP contribution in [0.4, 0.5) is 0 Å². The zero-order valence-electron chi connectivity index (χ0n) is 6.18. The summed E-state index contributed by atoms with van der Waals surface area (Å²) in [4.78, 5) is 19.8. The van der Waals surface area contributed by atoms with Crippen molar-refractivity contribution in [3.63, 3.8) is 0 Å². The third kappa shape index (κ3) is 8.16. The maximum Gasteiger partial charge on any atom is 0.328 e. The first-order valence-electron chi connectivity index (χ1n) is 3.10. The minimum Gasteiger partial charge on any atom is -0.478 e. The lowest BCUT2D eigenvalue weighted by Gasteiger charge is -1.75. The molecule has 0 heterocycles. The minimum atomic E-state index is -1.04. The number of carbonyl (C=O) groups is 2. The van der Waals surface area contributed by atoms with Crippen LogP contribution in [-0.4, -0.2) is 22.2 Å². The Morgan fingerprint density at radius 2 is 1.08 bits per heavy atom. The zero-order chi connectivity index (χ0) is 9.40. The number of rotatable bonds is 4. The molecule has 0 bridgehead atoms. The summed E-state index contributed by atoms with van der Waals surface area (Å²) in [5, 5.41) is 16.3. The Bertz CT molecular complexity index is 222. The van der Waals surface area contributed by atoms with Crippen LogP contribution in [0.15, 0.2) is 36.5 Å². The van der Waals surface area contributed by atoms with Gasteiger partial charge in [-0.25, -0.2) is 9.59 Å². The second-order valence-corrected chi connectivity index (χ2v) is 1.78. The van der Waals surface area contributed by atoms with Gasteiger partial charge in [-0.15, -0.1) is 0 Å². The van der Waals surface area contributed by atoms with E-state index in [1.54, 1.807) is 0 Å². The number of aliphatic carboxylic acids is 2. The second kappa shape index (κ2) is 5.91. The molecule has 2 N–H and O–H groups in total. The van der Waals surface area contributed by atoms with Crippen molar-refractivity contribution in [2.75, 3.05) is 0 Å². The third-order valence-corrected chi connectivity index (χ3v) is 0.811. The molecule has 0 aromatic carbocycles. The Labute approximate surface area is 69.1 Å². The summed E-state index contributed by atoms with van der Waals surface area (Å²) in [6, 6.07) is 0. The van der Waals surface area contributed by atoms with E-state index >= 15 is 0 Å². The molecule has 0 amide bonds. The summed E-state index contributed by atoms with van der Waals surface area (Å²) < 4.78 is 0. The van der Waals surface area contributed by atoms with Crippen LogP contribution in [0, 0.1) is 0 Å². The van der Waals surface area contributed by atoms with Crippen molar-refractivity contribution in [1.82, 2.24) is 0 Å². The topological polar surface area (TPSA) is 74.6 Å². The molecule has 0 aliphatic heterocycles. The van der Waals surface area contributed by atoms with E-state index in [1.165, 1.54) is 24.3 Å². The molecule has 0 aliphatic carbocycles. The Morgan fingerprint density at radius 3 is 1.33 bits per heavy atom. The van der Waals surface area contributed by atoms with Gasteiger partial charge in [0.2, 0.25) is 0 Å². The fourth-order valence-corrected chi connectivity index (χ4v) is 0.404. The summed E-state index contributed by atoms with van der Waals surface area (Å²) in [6.45, 7) is 0. The summed E-state index contributed by atoms with van der Waals surface area (Å²) in [7, 11) is 0. The maximum absolute atomic E-state index is 9.91. The minimum absolute atomic E-state index is 0.950. The van der Waals surface area contributed by atoms with Crippen molar-refractivity contribution in [3.8, 4) is 0 Å². The van der Waals surface area contributed by atoms with Gasteiger partial charge in [0, 0.05) is 12.2 Å². The lowest BCUT2D eigenvalue weighted by molar-refractivity contribution is -0.132. The van der Waals surface area contributed by atoms with Crippen LogP contribution < -0.4 is 0 Å². The molecule has 0 atom stereocenters. The normalized spacial score (nSPS) is 11.7. The first-order valence-corrected chi connectivity index (χ1v) is 3.10. The molecule has 0 aromatic rings. The predicted octanol–water partition coefficient (Wildman–Crippen LogP) is 0.824. The van der Waals surface area contributed by atoms with Crippen molar-refractivity contribution < 1.29 is 19.8 Å². The Kier molecular flexibility index (Phi) is 5.00. The van der Waals surface area contributed by atoms with Gasteiger partial charge in [0.1, 0.15) is 0 Å². The van der Waals surface area contributed by atoms with Gasteiger partial charge in [-0.2, -0.15) is 0 Å². The van der Waals surface area contributed by atoms with E-state index in [2.05, 4.69) is 0 Å². The molecule has 0 aromatic heterocycles. The van der Waals surface area contributed by atoms with Crippen LogP contribution in [0.5, 0.6) is 0 Å². The fraction of sp³-hybridized carbons (Fsp3) is 0. The number of carboxylic acids is 2. The highest BCUT2D eigenvalue weighted by atomic mass is 16.4. The van der Waals surface area contributed by atoms with Crippen LogP contribution in [0.3, 0.4) is 0 Å². The van der Waals surface area contributed by atoms with Gasteiger partial charge in [-0.1, -0.05) is 24.3 Å². The number of hydrogen-bond donors (Lipinski definition) is 2. The average molecular weight is 168 g/mol. The van der Waals surface area contributed by atoms with Gasteiger partial charge in [0.15, 0.2) is 0 Å². The standard InChI is InChI=1S/C8H8O4/c9-7(10)5-3-1-2-4-6-8(11)12/h1-6H,(H,9,10)(H,11,12)/b2-1-,5-3+,6-4+. The first-order chi connectivity index (χ1) is 5.63. The van der Waals surface area contributed by atoms with Crippen LogP contribution in [0.2, 0.25) is 0 Å². The lowest BCUT2D eigenvalue weighted by Crippen LogP contribution is -1.84. The van der Waals surface area contributed by atoms with Crippen LogP contribution in [-0.2, 0) is 9.59 Å². The van der Waals surface area contributed by atoms with Gasteiger partial charge in [-0.3, -0.25) is 0 Å². The van der Waals surface area contributed by atoms with Crippen molar-refractivity contribution in [2.24, 2.45) is 0 Å². The highest BCUT2D eigenvalue weighted by Crippen LogP contribution is 1.80. The van der Waals surface area contributed by atoms with Gasteiger partial charge >= 0.3 is 11.9 Å². The van der Waals surface area contributed by atoms with Crippen LogP contribution in [0.1, 0.15) is 0 Å². The Balaban J connectivity index is 3.78. The molecule has 4 heteroatoms. The van der Waals surface area contributed by atoms with Crippen LogP contribution >= 0.6 is 0 Å². The van der Waals surface area contributed by atoms with Crippen molar-refractivity contribution in [1.29, 1.82) is 0 Å². The summed E-state index contributed by atoms with van der Waals surface area (Å²) in [5.41, 5.74) is 0. The van der Waals surface area contributed by atoms with E-state index in [0.29, 0.717) is 0 Å². The largest absolute Gasteiger partial charge is 0.478 e. The van der Waals surface area contributed by atoms with Gasteiger partial charge < -0.3 is 10.2 Å². The average Bonchev–Trinajstić information content (AvgIpc) is 1.95. The highest BCUT2D eigenvalue weighted by molar-refractivity contribution is 5.80. The van der Waals surface area contributed by atoms with Gasteiger partial charge in [0.25, 0.3) is 0 Å². The van der Waals surface area contributed by atoms with Crippen LogP contribution in [0.25, 0.3) is 0 Å². The highest BCUT2D eigenvalue weighted by Gasteiger charge is 1.81. The molecule has 4 nitrogen and oxygen atoms in total. The summed E-state index contributed by atoms with van der Waals surface area (Å²) in [5.74, 6) is -2.08. The molecule has 0 spiro atoms. The monoisotopic (exact) mass is 168 g/mol. The Morgan fingerprint density at radius 1 is 0.750 bits per heavy atom. The fourth-order valence-electron chi connectivity index (χ4n) is 0.404. The molecule has 0 rings (SSSR count). The molecular weight excluding hydrogens is 160 g/mol. The molecule has 0 fully saturated rings. The molecule has 0 saturated heterocycles. The van der Waals surface area contributed by atoms with E-state index in [4.69, 9.17) is 10.2 Å². The molecule has 0 unspecified atom stereocenters. The molecule has 64 valence electrons. The molecule has 0 saturated carbocycles. The van der Waals surface area contributed by atoms with E-state index in [-0.39, 0.29) is 0 Å². The number of hydrogen-bond acceptors (Lipinski definition) is 2. The zero-order valence-corrected chi connectivity index (χ0v) is 6.18. The summed E-state index contributed by atoms with van der Waals surface area (Å²) in [6.07, 6.45) is 7.35. The number of carboxylic acid groups (broad SMARTS) is 2. The third-order valence-electron chi connectivity index (χ3n) is 0.811. The van der Waals surface area contributed by atoms with E-state index in [9.17, 15) is 9.59 Å². The maximum atomic E-state index is 9.91. The van der Waals surface area contributed by atoms with E-state index < -0.39 is 11.9 Å². The lowest BCUT2D eigenvalue weighted by atomic mass is 10.4. The van der Waals surface area contributed by atoms with Crippen molar-refractivity contribution in [3.05, 3.63) is 36.5 Å². The van der Waals surface area contributed by atoms with Gasteiger partial charge in [-0.05, 0) is 0 Å². The molecule has 12 heavy (non-hydrogen) atoms. The predicted molar refractivity (Wildman–Crippen MR) is 42.7 cm³/mol. The van der Waals surface area contributed by atoms with E-state index in [1.807, 2.05) is 0 Å². The Hall–Kier alpha value is -1.84.